The summed E-state index contributed by atoms with van der Waals surface area (Å²) in [6.45, 7) is 2.11. The molecule has 7 heteroatoms. The van der Waals surface area contributed by atoms with Crippen molar-refractivity contribution in [1.29, 1.82) is 0 Å². The molecule has 0 radical (unpaired) electrons. The van der Waals surface area contributed by atoms with E-state index in [2.05, 4.69) is 26.1 Å². The van der Waals surface area contributed by atoms with Gasteiger partial charge in [0.1, 0.15) is 0 Å². The van der Waals surface area contributed by atoms with Crippen LogP contribution < -0.4 is 5.32 Å². The number of nitrogens with one attached hydrogen (secondary N) is 1. The summed E-state index contributed by atoms with van der Waals surface area (Å²) >= 11 is 9.44. The van der Waals surface area contributed by atoms with Crippen LogP contribution in [0.5, 0.6) is 0 Å². The Labute approximate surface area is 164 Å². The molecule has 0 aromatic heterocycles. The summed E-state index contributed by atoms with van der Waals surface area (Å²) in [6, 6.07) is 9.23. The summed E-state index contributed by atoms with van der Waals surface area (Å²) in [5.74, 6) is -1.84. The number of amides is 1. The van der Waals surface area contributed by atoms with Crippen LogP contribution in [0.25, 0.3) is 0 Å². The van der Waals surface area contributed by atoms with E-state index in [4.69, 9.17) is 11.6 Å². The first-order valence-corrected chi connectivity index (χ1v) is 9.51. The highest BCUT2D eigenvalue weighted by Gasteiger charge is 2.22. The second-order valence-corrected chi connectivity index (χ2v) is 7.72. The van der Waals surface area contributed by atoms with Gasteiger partial charge in [0.05, 0.1) is 10.6 Å². The van der Waals surface area contributed by atoms with E-state index in [1.165, 1.54) is 6.07 Å². The SMILES string of the molecule is O=C(NC1CCN(Cc2ccc(F)c(F)c2)CC1)c1cc(Br)ccc1Cl. The van der Waals surface area contributed by atoms with Gasteiger partial charge in [0.25, 0.3) is 5.91 Å². The summed E-state index contributed by atoms with van der Waals surface area (Å²) in [5.41, 5.74) is 1.19. The lowest BCUT2D eigenvalue weighted by Gasteiger charge is -2.32. The molecule has 1 fully saturated rings. The summed E-state index contributed by atoms with van der Waals surface area (Å²) in [7, 11) is 0. The molecule has 3 rings (SSSR count). The molecule has 0 unspecified atom stereocenters. The van der Waals surface area contributed by atoms with Crippen molar-refractivity contribution >= 4 is 33.4 Å². The van der Waals surface area contributed by atoms with Gasteiger partial charge in [-0.25, -0.2) is 8.78 Å². The van der Waals surface area contributed by atoms with Crippen molar-refractivity contribution in [2.24, 2.45) is 0 Å². The zero-order valence-corrected chi connectivity index (χ0v) is 16.3. The van der Waals surface area contributed by atoms with Gasteiger partial charge < -0.3 is 5.32 Å². The van der Waals surface area contributed by atoms with Crippen LogP contribution in [0.1, 0.15) is 28.8 Å². The maximum atomic E-state index is 13.3. The van der Waals surface area contributed by atoms with E-state index in [1.54, 1.807) is 24.3 Å². The van der Waals surface area contributed by atoms with Crippen LogP contribution in [-0.2, 0) is 6.54 Å². The number of nitrogens with zero attached hydrogens (tertiary/aromatic N) is 1. The number of hydrogen-bond donors (Lipinski definition) is 1. The van der Waals surface area contributed by atoms with Gasteiger partial charge in [-0.15, -0.1) is 0 Å². The van der Waals surface area contributed by atoms with Gasteiger partial charge in [0, 0.05) is 30.1 Å². The Morgan fingerprint density at radius 1 is 1.15 bits per heavy atom. The Balaban J connectivity index is 1.52. The third-order valence-electron chi connectivity index (χ3n) is 4.49. The molecule has 1 saturated heterocycles. The van der Waals surface area contributed by atoms with Crippen molar-refractivity contribution in [1.82, 2.24) is 10.2 Å². The molecule has 1 amide bonds. The number of halogens is 4. The van der Waals surface area contributed by atoms with E-state index in [1.807, 2.05) is 0 Å². The van der Waals surface area contributed by atoms with E-state index in [-0.39, 0.29) is 11.9 Å². The number of rotatable bonds is 4. The molecule has 1 N–H and O–H groups in total. The Morgan fingerprint density at radius 2 is 1.88 bits per heavy atom. The first-order valence-electron chi connectivity index (χ1n) is 8.34. The maximum absolute atomic E-state index is 13.3. The van der Waals surface area contributed by atoms with Gasteiger partial charge in [-0.1, -0.05) is 33.6 Å². The van der Waals surface area contributed by atoms with Gasteiger partial charge >= 0.3 is 0 Å². The molecule has 26 heavy (non-hydrogen) atoms. The highest BCUT2D eigenvalue weighted by molar-refractivity contribution is 9.10. The lowest BCUT2D eigenvalue weighted by molar-refractivity contribution is 0.0909. The fourth-order valence-electron chi connectivity index (χ4n) is 3.07. The Morgan fingerprint density at radius 3 is 2.58 bits per heavy atom. The van der Waals surface area contributed by atoms with Crippen LogP contribution in [0.15, 0.2) is 40.9 Å². The Kier molecular flexibility index (Phi) is 6.27. The number of carbonyl (C=O) groups excluding carboxylic acids is 1. The van der Waals surface area contributed by atoms with Gasteiger partial charge in [-0.05, 0) is 48.7 Å². The number of hydrogen-bond acceptors (Lipinski definition) is 2. The number of benzene rings is 2. The van der Waals surface area contributed by atoms with Crippen molar-refractivity contribution in [3.05, 3.63) is 68.7 Å². The summed E-state index contributed by atoms with van der Waals surface area (Å²) in [5, 5.41) is 3.44. The largest absolute Gasteiger partial charge is 0.349 e. The standard InChI is InChI=1S/C19H18BrClF2N2O/c20-13-2-3-16(21)15(10-13)19(26)24-14-5-7-25(8-6-14)11-12-1-4-17(22)18(23)9-12/h1-4,9-10,14H,5-8,11H2,(H,24,26). The van der Waals surface area contributed by atoms with Crippen LogP contribution in [-0.4, -0.2) is 29.9 Å². The average molecular weight is 444 g/mol. The lowest BCUT2D eigenvalue weighted by Crippen LogP contribution is -2.44. The minimum Gasteiger partial charge on any atom is -0.349 e. The van der Waals surface area contributed by atoms with E-state index in [9.17, 15) is 13.6 Å². The first-order chi connectivity index (χ1) is 12.4. The van der Waals surface area contributed by atoms with Crippen molar-refractivity contribution in [2.75, 3.05) is 13.1 Å². The van der Waals surface area contributed by atoms with Crippen LogP contribution in [0.4, 0.5) is 8.78 Å². The van der Waals surface area contributed by atoms with Crippen molar-refractivity contribution < 1.29 is 13.6 Å². The van der Waals surface area contributed by atoms with Crippen LogP contribution in [0.2, 0.25) is 5.02 Å². The molecule has 1 aliphatic rings. The van der Waals surface area contributed by atoms with E-state index in [0.29, 0.717) is 17.1 Å². The predicted molar refractivity (Wildman–Crippen MR) is 101 cm³/mol. The molecule has 0 atom stereocenters. The highest BCUT2D eigenvalue weighted by atomic mass is 79.9. The third-order valence-corrected chi connectivity index (χ3v) is 5.31. The molecule has 1 aliphatic heterocycles. The molecule has 138 valence electrons. The Hall–Kier alpha value is -1.50. The molecule has 0 aliphatic carbocycles. The fourth-order valence-corrected chi connectivity index (χ4v) is 3.63. The van der Waals surface area contributed by atoms with Gasteiger partial charge in [-0.3, -0.25) is 9.69 Å². The summed E-state index contributed by atoms with van der Waals surface area (Å²) in [6.07, 6.45) is 1.59. The van der Waals surface area contributed by atoms with Crippen LogP contribution in [0, 0.1) is 11.6 Å². The quantitative estimate of drug-likeness (QED) is 0.738. The fraction of sp³-hybridized carbons (Fsp3) is 0.316. The van der Waals surface area contributed by atoms with E-state index >= 15 is 0 Å². The maximum Gasteiger partial charge on any atom is 0.253 e. The summed E-state index contributed by atoms with van der Waals surface area (Å²) in [4.78, 5) is 14.6. The van der Waals surface area contributed by atoms with Crippen molar-refractivity contribution in [2.45, 2.75) is 25.4 Å². The monoisotopic (exact) mass is 442 g/mol. The van der Waals surface area contributed by atoms with Gasteiger partial charge in [0.2, 0.25) is 0 Å². The normalized spacial score (nSPS) is 15.8. The molecule has 2 aromatic rings. The van der Waals surface area contributed by atoms with E-state index < -0.39 is 11.6 Å². The minimum absolute atomic E-state index is 0.0683. The number of piperidine rings is 1. The highest BCUT2D eigenvalue weighted by Crippen LogP contribution is 2.22. The van der Waals surface area contributed by atoms with Gasteiger partial charge in [-0.2, -0.15) is 0 Å². The predicted octanol–water partition coefficient (Wildman–Crippen LogP) is 4.78. The molecule has 0 bridgehead atoms. The second kappa shape index (κ2) is 8.46. The lowest BCUT2D eigenvalue weighted by atomic mass is 10.0. The minimum atomic E-state index is -0.832. The van der Waals surface area contributed by atoms with Crippen LogP contribution >= 0.6 is 27.5 Å². The molecule has 1 heterocycles. The third kappa shape index (κ3) is 4.81. The first kappa shape index (κ1) is 19.3. The van der Waals surface area contributed by atoms with E-state index in [0.717, 1.165) is 42.0 Å². The Bertz CT molecular complexity index is 810. The molecule has 3 nitrogen and oxygen atoms in total. The molecular formula is C19H18BrClF2N2O. The molecule has 0 spiro atoms. The smallest absolute Gasteiger partial charge is 0.253 e. The van der Waals surface area contributed by atoms with Gasteiger partial charge in [0.15, 0.2) is 11.6 Å². The molecular weight excluding hydrogens is 426 g/mol. The van der Waals surface area contributed by atoms with Crippen molar-refractivity contribution in [3.8, 4) is 0 Å². The van der Waals surface area contributed by atoms with Crippen LogP contribution in [0.3, 0.4) is 0 Å². The second-order valence-electron chi connectivity index (χ2n) is 6.40. The summed E-state index contributed by atoms with van der Waals surface area (Å²) < 4.78 is 27.1. The topological polar surface area (TPSA) is 32.3 Å². The number of carbonyl (C=O) groups is 1. The average Bonchev–Trinajstić information content (AvgIpc) is 2.62. The molecule has 2 aromatic carbocycles. The van der Waals surface area contributed by atoms with Crippen molar-refractivity contribution in [3.63, 3.8) is 0 Å². The number of likely N-dealkylation sites (tertiary alicyclic amines) is 1. The zero-order valence-electron chi connectivity index (χ0n) is 13.9. The molecule has 0 saturated carbocycles. The zero-order chi connectivity index (χ0) is 18.7.